The van der Waals surface area contributed by atoms with Crippen molar-refractivity contribution in [2.75, 3.05) is 25.6 Å². The number of amides is 1. The molecule has 19 heavy (non-hydrogen) atoms. The van der Waals surface area contributed by atoms with E-state index >= 15 is 0 Å². The largest absolute Gasteiger partial charge is 0.385 e. The number of ether oxygens (including phenoxy) is 1. The molecule has 1 amide bonds. The van der Waals surface area contributed by atoms with Crippen molar-refractivity contribution >= 4 is 11.6 Å². The van der Waals surface area contributed by atoms with Crippen LogP contribution in [0.5, 0.6) is 0 Å². The minimum atomic E-state index is -0.156. The van der Waals surface area contributed by atoms with Crippen molar-refractivity contribution in [1.82, 2.24) is 0 Å². The molecule has 0 atom stereocenters. The van der Waals surface area contributed by atoms with Crippen molar-refractivity contribution in [3.05, 3.63) is 29.3 Å². The van der Waals surface area contributed by atoms with Crippen molar-refractivity contribution < 1.29 is 14.6 Å². The topological polar surface area (TPSA) is 58.6 Å². The van der Waals surface area contributed by atoms with Gasteiger partial charge in [0.25, 0.3) is 0 Å². The predicted molar refractivity (Wildman–Crippen MR) is 74.9 cm³/mol. The molecule has 4 heteroatoms. The first-order chi connectivity index (χ1) is 9.17. The zero-order chi connectivity index (χ0) is 14.1. The van der Waals surface area contributed by atoms with Gasteiger partial charge in [-0.3, -0.25) is 4.79 Å². The molecule has 102 valence electrons. The van der Waals surface area contributed by atoms with E-state index in [1.807, 2.05) is 25.1 Å². The molecule has 0 aromatic heterocycles. The van der Waals surface area contributed by atoms with Crippen molar-refractivity contribution in [2.24, 2.45) is 0 Å². The summed E-state index contributed by atoms with van der Waals surface area (Å²) in [6.45, 7) is 2.34. The minimum absolute atomic E-state index is 0.0191. The van der Waals surface area contributed by atoms with E-state index in [1.54, 1.807) is 7.11 Å². The molecule has 0 heterocycles. The Kier molecular flexibility index (Phi) is 6.65. The molecule has 0 aliphatic heterocycles. The van der Waals surface area contributed by atoms with E-state index in [4.69, 9.17) is 9.84 Å². The number of anilines is 1. The number of methoxy groups -OCH3 is 1. The third-order valence-electron chi connectivity index (χ3n) is 2.56. The molecule has 0 saturated heterocycles. The monoisotopic (exact) mass is 261 g/mol. The Morgan fingerprint density at radius 2 is 2.26 bits per heavy atom. The molecule has 0 saturated carbocycles. The van der Waals surface area contributed by atoms with E-state index in [0.29, 0.717) is 19.4 Å². The summed E-state index contributed by atoms with van der Waals surface area (Å²) in [4.78, 5) is 11.7. The van der Waals surface area contributed by atoms with Gasteiger partial charge in [-0.15, -0.1) is 0 Å². The van der Waals surface area contributed by atoms with Crippen LogP contribution in [0.4, 0.5) is 5.69 Å². The number of carbonyl (C=O) groups excluding carboxylic acids is 1. The van der Waals surface area contributed by atoms with Crippen LogP contribution in [0.3, 0.4) is 0 Å². The quantitative estimate of drug-likeness (QED) is 0.626. The molecule has 0 bridgehead atoms. The molecule has 0 radical (unpaired) electrons. The van der Waals surface area contributed by atoms with Gasteiger partial charge in [0.05, 0.1) is 0 Å². The SMILES string of the molecule is COCCCC(=O)Nc1ccc(C#CCO)cc1C. The Labute approximate surface area is 113 Å². The van der Waals surface area contributed by atoms with E-state index in [1.165, 1.54) is 0 Å². The molecule has 0 aliphatic rings. The van der Waals surface area contributed by atoms with Crippen LogP contribution in [0.2, 0.25) is 0 Å². The lowest BCUT2D eigenvalue weighted by molar-refractivity contribution is -0.116. The average Bonchev–Trinajstić information content (AvgIpc) is 2.39. The summed E-state index contributed by atoms with van der Waals surface area (Å²) in [5.74, 6) is 5.40. The van der Waals surface area contributed by atoms with Crippen LogP contribution in [0.1, 0.15) is 24.0 Å². The van der Waals surface area contributed by atoms with Crippen molar-refractivity contribution in [1.29, 1.82) is 0 Å². The first kappa shape index (κ1) is 15.2. The summed E-state index contributed by atoms with van der Waals surface area (Å²) < 4.78 is 4.90. The standard InChI is InChI=1S/C15H19NO3/c1-12-11-13(5-3-9-17)7-8-14(12)16-15(18)6-4-10-19-2/h7-8,11,17H,4,6,9-10H2,1-2H3,(H,16,18). The maximum absolute atomic E-state index is 11.7. The molecular weight excluding hydrogens is 242 g/mol. The number of hydrogen-bond acceptors (Lipinski definition) is 3. The molecule has 1 rings (SSSR count). The molecule has 4 nitrogen and oxygen atoms in total. The number of rotatable bonds is 5. The second-order valence-electron chi connectivity index (χ2n) is 4.13. The average molecular weight is 261 g/mol. The maximum atomic E-state index is 11.7. The van der Waals surface area contributed by atoms with Gasteiger partial charge < -0.3 is 15.2 Å². The first-order valence-corrected chi connectivity index (χ1v) is 6.16. The lowest BCUT2D eigenvalue weighted by Gasteiger charge is -2.08. The third-order valence-corrected chi connectivity index (χ3v) is 2.56. The van der Waals surface area contributed by atoms with Gasteiger partial charge in [0.1, 0.15) is 6.61 Å². The summed E-state index contributed by atoms with van der Waals surface area (Å²) in [6.07, 6.45) is 1.15. The molecule has 0 spiro atoms. The fourth-order valence-corrected chi connectivity index (χ4v) is 1.61. The lowest BCUT2D eigenvalue weighted by Crippen LogP contribution is -2.12. The predicted octanol–water partition coefficient (Wildman–Crippen LogP) is 1.70. The van der Waals surface area contributed by atoms with Gasteiger partial charge in [-0.2, -0.15) is 0 Å². The van der Waals surface area contributed by atoms with Gasteiger partial charge in [0.2, 0.25) is 5.91 Å². The molecule has 0 aliphatic carbocycles. The molecule has 0 unspecified atom stereocenters. The highest BCUT2D eigenvalue weighted by Gasteiger charge is 2.04. The number of carbonyl (C=O) groups is 1. The first-order valence-electron chi connectivity index (χ1n) is 6.16. The number of benzene rings is 1. The number of aliphatic hydroxyl groups is 1. The van der Waals surface area contributed by atoms with E-state index in [9.17, 15) is 4.79 Å². The van der Waals surface area contributed by atoms with Crippen LogP contribution >= 0.6 is 0 Å². The molecule has 1 aromatic rings. The third kappa shape index (κ3) is 5.56. The van der Waals surface area contributed by atoms with Gasteiger partial charge in [0, 0.05) is 31.4 Å². The fraction of sp³-hybridized carbons (Fsp3) is 0.400. The number of hydrogen-bond donors (Lipinski definition) is 2. The summed E-state index contributed by atoms with van der Waals surface area (Å²) >= 11 is 0. The van der Waals surface area contributed by atoms with Gasteiger partial charge >= 0.3 is 0 Å². The Morgan fingerprint density at radius 3 is 2.89 bits per heavy atom. The van der Waals surface area contributed by atoms with Gasteiger partial charge in [-0.1, -0.05) is 11.8 Å². The van der Waals surface area contributed by atoms with Crippen LogP contribution in [-0.2, 0) is 9.53 Å². The molecular formula is C15H19NO3. The van der Waals surface area contributed by atoms with Gasteiger partial charge in [0.15, 0.2) is 0 Å². The van der Waals surface area contributed by atoms with Crippen molar-refractivity contribution in [3.63, 3.8) is 0 Å². The summed E-state index contributed by atoms with van der Waals surface area (Å²) in [5, 5.41) is 11.5. The Balaban J connectivity index is 2.62. The smallest absolute Gasteiger partial charge is 0.224 e. The van der Waals surface area contributed by atoms with Crippen LogP contribution in [0.15, 0.2) is 18.2 Å². The van der Waals surface area contributed by atoms with Crippen LogP contribution in [0.25, 0.3) is 0 Å². The highest BCUT2D eigenvalue weighted by atomic mass is 16.5. The van der Waals surface area contributed by atoms with E-state index < -0.39 is 0 Å². The summed E-state index contributed by atoms with van der Waals surface area (Å²) in [7, 11) is 1.62. The second-order valence-corrected chi connectivity index (χ2v) is 4.13. The van der Waals surface area contributed by atoms with Crippen LogP contribution < -0.4 is 5.32 Å². The van der Waals surface area contributed by atoms with E-state index in [2.05, 4.69) is 17.2 Å². The Hall–Kier alpha value is -1.83. The summed E-state index contributed by atoms with van der Waals surface area (Å²) in [6, 6.07) is 5.53. The van der Waals surface area contributed by atoms with E-state index in [-0.39, 0.29) is 12.5 Å². The Bertz CT molecular complexity index is 486. The zero-order valence-electron chi connectivity index (χ0n) is 11.3. The Morgan fingerprint density at radius 1 is 1.47 bits per heavy atom. The minimum Gasteiger partial charge on any atom is -0.385 e. The zero-order valence-corrected chi connectivity index (χ0v) is 11.3. The molecule has 0 fully saturated rings. The number of aliphatic hydroxyl groups excluding tert-OH is 1. The van der Waals surface area contributed by atoms with E-state index in [0.717, 1.165) is 16.8 Å². The number of nitrogens with one attached hydrogen (secondary N) is 1. The van der Waals surface area contributed by atoms with Crippen LogP contribution in [-0.4, -0.2) is 31.3 Å². The van der Waals surface area contributed by atoms with Gasteiger partial charge in [-0.25, -0.2) is 0 Å². The van der Waals surface area contributed by atoms with Crippen LogP contribution in [0, 0.1) is 18.8 Å². The highest BCUT2D eigenvalue weighted by molar-refractivity contribution is 5.91. The molecule has 2 N–H and O–H groups in total. The number of aryl methyl sites for hydroxylation is 1. The van der Waals surface area contributed by atoms with Gasteiger partial charge in [-0.05, 0) is 37.1 Å². The molecule has 1 aromatic carbocycles. The fourth-order valence-electron chi connectivity index (χ4n) is 1.61. The summed E-state index contributed by atoms with van der Waals surface area (Å²) in [5.41, 5.74) is 2.56. The van der Waals surface area contributed by atoms with Crippen molar-refractivity contribution in [3.8, 4) is 11.8 Å². The second kappa shape index (κ2) is 8.30. The van der Waals surface area contributed by atoms with Crippen molar-refractivity contribution in [2.45, 2.75) is 19.8 Å². The normalized spacial score (nSPS) is 9.63. The maximum Gasteiger partial charge on any atom is 0.224 e. The lowest BCUT2D eigenvalue weighted by atomic mass is 10.1. The highest BCUT2D eigenvalue weighted by Crippen LogP contribution is 2.16.